The Morgan fingerprint density at radius 2 is 2.05 bits per heavy atom. The molecule has 4 nitrogen and oxygen atoms in total. The number of hydrogen-bond acceptors (Lipinski definition) is 3. The zero-order valence-corrected chi connectivity index (χ0v) is 10.5. The standard InChI is InChI=1S/C15H14O4/c1-2-13(15(17)18)19-14-8-7-10-5-3-4-6-11(10)12(14)9-16/h3-9,13H,2H2,1H3,(H,17,18). The third kappa shape index (κ3) is 2.57. The summed E-state index contributed by atoms with van der Waals surface area (Å²) in [7, 11) is 0. The predicted octanol–water partition coefficient (Wildman–Crippen LogP) is 2.89. The monoisotopic (exact) mass is 258 g/mol. The van der Waals surface area contributed by atoms with Crippen molar-refractivity contribution in [2.75, 3.05) is 0 Å². The summed E-state index contributed by atoms with van der Waals surface area (Å²) in [4.78, 5) is 22.2. The molecule has 98 valence electrons. The van der Waals surface area contributed by atoms with Gasteiger partial charge < -0.3 is 9.84 Å². The van der Waals surface area contributed by atoms with Gasteiger partial charge in [-0.25, -0.2) is 4.79 Å². The molecular formula is C15H14O4. The highest BCUT2D eigenvalue weighted by Gasteiger charge is 2.19. The van der Waals surface area contributed by atoms with E-state index in [4.69, 9.17) is 9.84 Å². The Morgan fingerprint density at radius 1 is 1.32 bits per heavy atom. The van der Waals surface area contributed by atoms with Crippen molar-refractivity contribution >= 4 is 23.0 Å². The third-order valence-corrected chi connectivity index (χ3v) is 2.96. The van der Waals surface area contributed by atoms with Gasteiger partial charge in [0.15, 0.2) is 12.4 Å². The summed E-state index contributed by atoms with van der Waals surface area (Å²) in [6, 6.07) is 10.9. The largest absolute Gasteiger partial charge is 0.479 e. The van der Waals surface area contributed by atoms with Crippen LogP contribution in [0.1, 0.15) is 23.7 Å². The van der Waals surface area contributed by atoms with Gasteiger partial charge in [-0.3, -0.25) is 4.79 Å². The fraction of sp³-hybridized carbons (Fsp3) is 0.200. The molecule has 19 heavy (non-hydrogen) atoms. The summed E-state index contributed by atoms with van der Waals surface area (Å²) >= 11 is 0. The van der Waals surface area contributed by atoms with E-state index in [9.17, 15) is 9.59 Å². The van der Waals surface area contributed by atoms with Crippen LogP contribution in [-0.4, -0.2) is 23.5 Å². The highest BCUT2D eigenvalue weighted by molar-refractivity contribution is 6.00. The Hall–Kier alpha value is -2.36. The van der Waals surface area contributed by atoms with Crippen LogP contribution in [0.15, 0.2) is 36.4 Å². The van der Waals surface area contributed by atoms with E-state index in [1.54, 1.807) is 13.0 Å². The number of carboxylic acid groups (broad SMARTS) is 1. The van der Waals surface area contributed by atoms with Crippen LogP contribution >= 0.6 is 0 Å². The normalized spacial score (nSPS) is 12.1. The maximum absolute atomic E-state index is 11.3. The van der Waals surface area contributed by atoms with E-state index < -0.39 is 12.1 Å². The summed E-state index contributed by atoms with van der Waals surface area (Å²) < 4.78 is 5.42. The van der Waals surface area contributed by atoms with Gasteiger partial charge in [-0.2, -0.15) is 0 Å². The Labute approximate surface area is 110 Å². The molecule has 0 aromatic heterocycles. The first-order valence-corrected chi connectivity index (χ1v) is 6.03. The number of aliphatic carboxylic acids is 1. The Kier molecular flexibility index (Phi) is 3.80. The molecule has 0 spiro atoms. The number of benzene rings is 2. The van der Waals surface area contributed by atoms with Crippen LogP contribution in [-0.2, 0) is 4.79 Å². The number of carbonyl (C=O) groups is 2. The van der Waals surface area contributed by atoms with Gasteiger partial charge >= 0.3 is 5.97 Å². The number of ether oxygens (including phenoxy) is 1. The van der Waals surface area contributed by atoms with Crippen molar-refractivity contribution in [3.63, 3.8) is 0 Å². The SMILES string of the molecule is CCC(Oc1ccc2ccccc2c1C=O)C(=O)O. The molecule has 0 bridgehead atoms. The van der Waals surface area contributed by atoms with Crippen molar-refractivity contribution in [3.8, 4) is 5.75 Å². The molecule has 2 rings (SSSR count). The first-order valence-electron chi connectivity index (χ1n) is 6.03. The molecular weight excluding hydrogens is 244 g/mol. The zero-order valence-electron chi connectivity index (χ0n) is 10.5. The molecule has 0 aliphatic rings. The molecule has 0 saturated heterocycles. The fourth-order valence-electron chi connectivity index (χ4n) is 1.96. The molecule has 0 saturated carbocycles. The summed E-state index contributed by atoms with van der Waals surface area (Å²) in [6.45, 7) is 1.72. The Morgan fingerprint density at radius 3 is 2.68 bits per heavy atom. The first kappa shape index (κ1) is 13.1. The van der Waals surface area contributed by atoms with Crippen LogP contribution in [0.2, 0.25) is 0 Å². The van der Waals surface area contributed by atoms with Gasteiger partial charge in [0.2, 0.25) is 0 Å². The van der Waals surface area contributed by atoms with E-state index in [0.29, 0.717) is 24.0 Å². The topological polar surface area (TPSA) is 63.6 Å². The highest BCUT2D eigenvalue weighted by atomic mass is 16.5. The van der Waals surface area contributed by atoms with Crippen LogP contribution in [0, 0.1) is 0 Å². The molecule has 1 unspecified atom stereocenters. The van der Waals surface area contributed by atoms with Crippen molar-refractivity contribution < 1.29 is 19.4 Å². The van der Waals surface area contributed by atoms with Crippen molar-refractivity contribution in [3.05, 3.63) is 42.0 Å². The van der Waals surface area contributed by atoms with Crippen LogP contribution in [0.5, 0.6) is 5.75 Å². The predicted molar refractivity (Wildman–Crippen MR) is 71.7 cm³/mol. The molecule has 0 amide bonds. The maximum Gasteiger partial charge on any atom is 0.344 e. The number of aldehydes is 1. The average molecular weight is 258 g/mol. The number of fused-ring (bicyclic) bond motifs is 1. The van der Waals surface area contributed by atoms with Crippen molar-refractivity contribution in [1.82, 2.24) is 0 Å². The van der Waals surface area contributed by atoms with Crippen LogP contribution in [0.25, 0.3) is 10.8 Å². The fourth-order valence-corrected chi connectivity index (χ4v) is 1.96. The van der Waals surface area contributed by atoms with E-state index in [1.807, 2.05) is 30.3 Å². The quantitative estimate of drug-likeness (QED) is 0.837. The van der Waals surface area contributed by atoms with Gasteiger partial charge in [0.25, 0.3) is 0 Å². The molecule has 0 heterocycles. The van der Waals surface area contributed by atoms with E-state index in [-0.39, 0.29) is 0 Å². The van der Waals surface area contributed by atoms with Crippen LogP contribution in [0.3, 0.4) is 0 Å². The smallest absolute Gasteiger partial charge is 0.344 e. The molecule has 0 fully saturated rings. The number of hydrogen-bond donors (Lipinski definition) is 1. The van der Waals surface area contributed by atoms with Crippen LogP contribution in [0.4, 0.5) is 0 Å². The molecule has 0 aliphatic heterocycles. The number of carboxylic acids is 1. The lowest BCUT2D eigenvalue weighted by molar-refractivity contribution is -0.145. The van der Waals surface area contributed by atoms with Gasteiger partial charge in [-0.1, -0.05) is 37.3 Å². The third-order valence-electron chi connectivity index (χ3n) is 2.96. The number of rotatable bonds is 5. The van der Waals surface area contributed by atoms with E-state index in [0.717, 1.165) is 10.8 Å². The first-order chi connectivity index (χ1) is 9.17. The molecule has 2 aromatic rings. The summed E-state index contributed by atoms with van der Waals surface area (Å²) in [5, 5.41) is 10.7. The lowest BCUT2D eigenvalue weighted by Gasteiger charge is -2.15. The minimum Gasteiger partial charge on any atom is -0.479 e. The molecule has 1 N–H and O–H groups in total. The van der Waals surface area contributed by atoms with Gasteiger partial charge in [0.05, 0.1) is 5.56 Å². The highest BCUT2D eigenvalue weighted by Crippen LogP contribution is 2.27. The zero-order chi connectivity index (χ0) is 13.8. The van der Waals surface area contributed by atoms with Crippen molar-refractivity contribution in [2.24, 2.45) is 0 Å². The average Bonchev–Trinajstić information content (AvgIpc) is 2.43. The minimum absolute atomic E-state index is 0.308. The molecule has 2 aromatic carbocycles. The molecule has 0 radical (unpaired) electrons. The lowest BCUT2D eigenvalue weighted by Crippen LogP contribution is -2.26. The van der Waals surface area contributed by atoms with E-state index in [2.05, 4.69) is 0 Å². The minimum atomic E-state index is -1.03. The van der Waals surface area contributed by atoms with Crippen LogP contribution < -0.4 is 4.74 Å². The van der Waals surface area contributed by atoms with Gasteiger partial charge in [-0.15, -0.1) is 0 Å². The second-order valence-electron chi connectivity index (χ2n) is 4.17. The van der Waals surface area contributed by atoms with Gasteiger partial charge in [0.1, 0.15) is 5.75 Å². The maximum atomic E-state index is 11.3. The Bertz CT molecular complexity index is 619. The lowest BCUT2D eigenvalue weighted by atomic mass is 10.0. The molecule has 1 atom stereocenters. The van der Waals surface area contributed by atoms with Crippen molar-refractivity contribution in [1.29, 1.82) is 0 Å². The van der Waals surface area contributed by atoms with E-state index in [1.165, 1.54) is 0 Å². The van der Waals surface area contributed by atoms with Gasteiger partial charge in [-0.05, 0) is 23.3 Å². The molecule has 4 heteroatoms. The second-order valence-corrected chi connectivity index (χ2v) is 4.17. The van der Waals surface area contributed by atoms with Crippen molar-refractivity contribution in [2.45, 2.75) is 19.4 Å². The summed E-state index contributed by atoms with van der Waals surface area (Å²) in [5.41, 5.74) is 0.387. The summed E-state index contributed by atoms with van der Waals surface area (Å²) in [6.07, 6.45) is 0.0898. The Balaban J connectivity index is 2.49. The molecule has 0 aliphatic carbocycles. The van der Waals surface area contributed by atoms with Gasteiger partial charge in [0, 0.05) is 0 Å². The van der Waals surface area contributed by atoms with E-state index >= 15 is 0 Å². The second kappa shape index (κ2) is 5.52. The number of carbonyl (C=O) groups excluding carboxylic acids is 1. The summed E-state index contributed by atoms with van der Waals surface area (Å²) in [5.74, 6) is -0.726.